The zero-order valence-corrected chi connectivity index (χ0v) is 20.5. The molecule has 2 heterocycles. The van der Waals surface area contributed by atoms with Crippen LogP contribution in [0.1, 0.15) is 30.4 Å². The maximum absolute atomic E-state index is 6.07. The van der Waals surface area contributed by atoms with Gasteiger partial charge in [-0.2, -0.15) is 0 Å². The quantitative estimate of drug-likeness (QED) is 0.435. The Morgan fingerprint density at radius 1 is 0.882 bits per heavy atom. The first-order valence-corrected chi connectivity index (χ1v) is 12.6. The van der Waals surface area contributed by atoms with Gasteiger partial charge in [-0.05, 0) is 78.4 Å². The maximum Gasteiger partial charge on any atom is 0.161 e. The molecule has 0 saturated carbocycles. The van der Waals surface area contributed by atoms with Crippen molar-refractivity contribution in [1.29, 1.82) is 0 Å². The van der Waals surface area contributed by atoms with E-state index in [1.807, 2.05) is 0 Å². The van der Waals surface area contributed by atoms with Crippen molar-refractivity contribution in [2.45, 2.75) is 38.3 Å². The zero-order chi connectivity index (χ0) is 23.3. The van der Waals surface area contributed by atoms with Crippen LogP contribution in [-0.2, 0) is 13.0 Å². The van der Waals surface area contributed by atoms with Gasteiger partial charge >= 0.3 is 0 Å². The summed E-state index contributed by atoms with van der Waals surface area (Å²) in [5, 5.41) is 2.49. The number of benzene rings is 3. The van der Waals surface area contributed by atoms with E-state index in [1.54, 1.807) is 14.2 Å². The largest absolute Gasteiger partial charge is 0.494 e. The van der Waals surface area contributed by atoms with Crippen LogP contribution in [-0.4, -0.2) is 62.8 Å². The molecule has 0 N–H and O–H groups in total. The van der Waals surface area contributed by atoms with Crippen LogP contribution in [0.25, 0.3) is 10.8 Å². The van der Waals surface area contributed by atoms with Gasteiger partial charge in [0.05, 0.1) is 20.8 Å². The van der Waals surface area contributed by atoms with Gasteiger partial charge in [-0.25, -0.2) is 0 Å². The summed E-state index contributed by atoms with van der Waals surface area (Å²) in [4.78, 5) is 5.30. The number of hydrogen-bond donors (Lipinski definition) is 0. The average molecular weight is 461 g/mol. The van der Waals surface area contributed by atoms with E-state index in [0.717, 1.165) is 62.9 Å². The molecule has 1 atom stereocenters. The Morgan fingerprint density at radius 3 is 2.50 bits per heavy atom. The van der Waals surface area contributed by atoms with Gasteiger partial charge in [0.1, 0.15) is 5.75 Å². The molecule has 1 fully saturated rings. The fourth-order valence-corrected chi connectivity index (χ4v) is 5.48. The van der Waals surface area contributed by atoms with E-state index < -0.39 is 0 Å². The number of likely N-dealkylation sites (tertiary alicyclic amines) is 1. The van der Waals surface area contributed by atoms with Gasteiger partial charge in [0.15, 0.2) is 11.5 Å². The van der Waals surface area contributed by atoms with Crippen molar-refractivity contribution >= 4 is 10.8 Å². The third-order valence-electron chi connectivity index (χ3n) is 7.35. The minimum absolute atomic E-state index is 0.622. The second-order valence-electron chi connectivity index (χ2n) is 9.50. The van der Waals surface area contributed by atoms with Gasteiger partial charge in [0, 0.05) is 32.2 Å². The van der Waals surface area contributed by atoms with Gasteiger partial charge < -0.3 is 19.1 Å². The van der Waals surface area contributed by atoms with E-state index >= 15 is 0 Å². The lowest BCUT2D eigenvalue weighted by atomic mass is 9.95. The van der Waals surface area contributed by atoms with Crippen LogP contribution in [0, 0.1) is 0 Å². The molecule has 180 valence electrons. The highest BCUT2D eigenvalue weighted by Crippen LogP contribution is 2.34. The van der Waals surface area contributed by atoms with Crippen LogP contribution in [0.5, 0.6) is 17.2 Å². The topological polar surface area (TPSA) is 34.2 Å². The first kappa shape index (κ1) is 23.0. The molecule has 5 rings (SSSR count). The van der Waals surface area contributed by atoms with E-state index in [4.69, 9.17) is 14.2 Å². The van der Waals surface area contributed by atoms with E-state index in [9.17, 15) is 0 Å². The van der Waals surface area contributed by atoms with Crippen molar-refractivity contribution in [2.24, 2.45) is 0 Å². The number of nitrogens with zero attached hydrogens (tertiary/aromatic N) is 2. The Bertz CT molecular complexity index is 1120. The number of hydrogen-bond acceptors (Lipinski definition) is 5. The van der Waals surface area contributed by atoms with E-state index in [0.29, 0.717) is 6.04 Å². The summed E-state index contributed by atoms with van der Waals surface area (Å²) in [6.45, 7) is 6.32. The lowest BCUT2D eigenvalue weighted by Crippen LogP contribution is -2.49. The number of rotatable bonds is 8. The molecule has 0 amide bonds. The predicted molar refractivity (Wildman–Crippen MR) is 137 cm³/mol. The minimum atomic E-state index is 0.622. The van der Waals surface area contributed by atoms with Crippen LogP contribution in [0.2, 0.25) is 0 Å². The fourth-order valence-electron chi connectivity index (χ4n) is 5.48. The smallest absolute Gasteiger partial charge is 0.161 e. The highest BCUT2D eigenvalue weighted by molar-refractivity contribution is 5.83. The molecule has 0 unspecified atom stereocenters. The van der Waals surface area contributed by atoms with Crippen molar-refractivity contribution in [2.75, 3.05) is 47.0 Å². The highest BCUT2D eigenvalue weighted by Gasteiger charge is 2.28. The molecule has 2 aliphatic heterocycles. The van der Waals surface area contributed by atoms with Crippen molar-refractivity contribution in [3.63, 3.8) is 0 Å². The van der Waals surface area contributed by atoms with Gasteiger partial charge in [0.2, 0.25) is 0 Å². The summed E-state index contributed by atoms with van der Waals surface area (Å²) in [6.07, 6.45) is 4.68. The number of ether oxygens (including phenoxy) is 3. The lowest BCUT2D eigenvalue weighted by Gasteiger charge is -2.41. The van der Waals surface area contributed by atoms with Crippen molar-refractivity contribution < 1.29 is 14.2 Å². The summed E-state index contributed by atoms with van der Waals surface area (Å²) < 4.78 is 17.1. The van der Waals surface area contributed by atoms with E-state index in [1.165, 1.54) is 41.3 Å². The molecule has 0 aromatic heterocycles. The molecule has 0 aliphatic carbocycles. The van der Waals surface area contributed by atoms with Gasteiger partial charge in [0.25, 0.3) is 0 Å². The Morgan fingerprint density at radius 2 is 1.68 bits per heavy atom. The van der Waals surface area contributed by atoms with Crippen LogP contribution < -0.4 is 14.2 Å². The molecular weight excluding hydrogens is 424 g/mol. The second-order valence-corrected chi connectivity index (χ2v) is 9.50. The lowest BCUT2D eigenvalue weighted by molar-refractivity contribution is 0.0844. The summed E-state index contributed by atoms with van der Waals surface area (Å²) in [7, 11) is 3.43. The first-order chi connectivity index (χ1) is 16.7. The van der Waals surface area contributed by atoms with Crippen LogP contribution >= 0.6 is 0 Å². The van der Waals surface area contributed by atoms with Gasteiger partial charge in [-0.1, -0.05) is 30.3 Å². The summed E-state index contributed by atoms with van der Waals surface area (Å²) in [5.41, 5.74) is 2.78. The van der Waals surface area contributed by atoms with Crippen molar-refractivity contribution in [1.82, 2.24) is 9.80 Å². The number of methoxy groups -OCH3 is 2. The zero-order valence-electron chi connectivity index (χ0n) is 20.5. The summed E-state index contributed by atoms with van der Waals surface area (Å²) >= 11 is 0. The number of piperidine rings is 1. The molecule has 0 spiro atoms. The third kappa shape index (κ3) is 5.16. The Labute approximate surface area is 203 Å². The average Bonchev–Trinajstić information content (AvgIpc) is 2.90. The van der Waals surface area contributed by atoms with Crippen LogP contribution in [0.4, 0.5) is 0 Å². The Hall–Kier alpha value is -2.76. The molecule has 34 heavy (non-hydrogen) atoms. The molecule has 0 radical (unpaired) electrons. The maximum atomic E-state index is 6.07. The van der Waals surface area contributed by atoms with Gasteiger partial charge in [-0.3, -0.25) is 4.90 Å². The number of fused-ring (bicyclic) bond motifs is 2. The second kappa shape index (κ2) is 10.7. The standard InChI is InChI=1S/C29H36N2O3/c1-32-28-18-24-12-15-31(20-25(24)19-29(28)33-2)26-9-5-13-30(21-26)14-6-16-34-27-11-10-22-7-3-4-8-23(22)17-27/h3-4,7-8,10-11,17-19,26H,5-6,9,12-16,20-21H2,1-2H3/t26-/m0/s1. The Kier molecular flexibility index (Phi) is 7.21. The fraction of sp³-hybridized carbons (Fsp3) is 0.448. The predicted octanol–water partition coefficient (Wildman–Crippen LogP) is 5.15. The molecular formula is C29H36N2O3. The van der Waals surface area contributed by atoms with Crippen LogP contribution in [0.3, 0.4) is 0 Å². The van der Waals surface area contributed by atoms with Crippen molar-refractivity contribution in [3.05, 3.63) is 65.7 Å². The SMILES string of the molecule is COc1cc2c(cc1OC)CN([C@H]1CCCN(CCCOc3ccc4ccccc4c3)C1)CC2. The van der Waals surface area contributed by atoms with Crippen LogP contribution in [0.15, 0.2) is 54.6 Å². The molecule has 3 aromatic carbocycles. The Balaban J connectivity index is 1.12. The molecule has 2 aliphatic rings. The first-order valence-electron chi connectivity index (χ1n) is 12.6. The van der Waals surface area contributed by atoms with Gasteiger partial charge in [-0.15, -0.1) is 0 Å². The molecule has 5 heteroatoms. The summed E-state index contributed by atoms with van der Waals surface area (Å²) in [5.74, 6) is 2.64. The molecule has 5 nitrogen and oxygen atoms in total. The minimum Gasteiger partial charge on any atom is -0.494 e. The normalized spacial score (nSPS) is 19.1. The monoisotopic (exact) mass is 460 g/mol. The highest BCUT2D eigenvalue weighted by atomic mass is 16.5. The molecule has 3 aromatic rings. The third-order valence-corrected chi connectivity index (χ3v) is 7.35. The molecule has 0 bridgehead atoms. The summed E-state index contributed by atoms with van der Waals surface area (Å²) in [6, 6.07) is 19.8. The van der Waals surface area contributed by atoms with E-state index in [-0.39, 0.29) is 0 Å². The molecule has 1 saturated heterocycles. The van der Waals surface area contributed by atoms with Crippen molar-refractivity contribution in [3.8, 4) is 17.2 Å². The van der Waals surface area contributed by atoms with E-state index in [2.05, 4.69) is 64.4 Å².